The number of nitrogens with zero attached hydrogens (tertiary/aromatic N) is 1. The van der Waals surface area contributed by atoms with E-state index in [1.165, 1.54) is 26.5 Å². The number of benzene rings is 4. The van der Waals surface area contributed by atoms with Crippen molar-refractivity contribution in [1.82, 2.24) is 10.4 Å². The molecule has 0 bridgehead atoms. The Labute approximate surface area is 223 Å². The predicted octanol–water partition coefficient (Wildman–Crippen LogP) is 8.19. The SMILES string of the molecule is C1=C(c2ccc(Sc3ccccc3)cc2)NN2[C@H]1c1ccccc1OC21CCC(c2ccccc2)CC1. The van der Waals surface area contributed by atoms with Crippen LogP contribution in [0.5, 0.6) is 5.75 Å². The fraction of sp³-hybridized carbons (Fsp3) is 0.212. The molecule has 1 saturated carbocycles. The summed E-state index contributed by atoms with van der Waals surface area (Å²) in [5.74, 6) is 1.62. The summed E-state index contributed by atoms with van der Waals surface area (Å²) in [5, 5.41) is 2.40. The van der Waals surface area contributed by atoms with E-state index in [0.717, 1.165) is 37.1 Å². The molecule has 2 heterocycles. The maximum Gasteiger partial charge on any atom is 0.180 e. The summed E-state index contributed by atoms with van der Waals surface area (Å²) in [6, 6.07) is 39.1. The topological polar surface area (TPSA) is 24.5 Å². The van der Waals surface area contributed by atoms with Crippen LogP contribution in [0.1, 0.15) is 54.3 Å². The highest BCUT2D eigenvalue weighted by Gasteiger charge is 2.51. The van der Waals surface area contributed by atoms with Gasteiger partial charge in [0.15, 0.2) is 5.72 Å². The van der Waals surface area contributed by atoms with E-state index in [9.17, 15) is 0 Å². The molecular weight excluding hydrogens is 472 g/mol. The number of nitrogens with one attached hydrogen (secondary N) is 1. The van der Waals surface area contributed by atoms with Crippen LogP contribution in [0.25, 0.3) is 5.70 Å². The molecule has 4 aromatic carbocycles. The van der Waals surface area contributed by atoms with E-state index in [1.54, 1.807) is 11.8 Å². The summed E-state index contributed by atoms with van der Waals surface area (Å²) in [5.41, 5.74) is 8.50. The first-order chi connectivity index (χ1) is 18.3. The lowest BCUT2D eigenvalue weighted by molar-refractivity contribution is -0.152. The Kier molecular flexibility index (Phi) is 5.79. The van der Waals surface area contributed by atoms with Crippen molar-refractivity contribution in [2.75, 3.05) is 0 Å². The number of rotatable bonds is 4. The minimum Gasteiger partial charge on any atom is -0.471 e. The quantitative estimate of drug-likeness (QED) is 0.304. The number of para-hydroxylation sites is 1. The number of hydrogen-bond acceptors (Lipinski definition) is 4. The Balaban J connectivity index is 1.15. The maximum absolute atomic E-state index is 6.85. The molecule has 1 fully saturated rings. The van der Waals surface area contributed by atoms with Crippen LogP contribution in [0, 0.1) is 0 Å². The lowest BCUT2D eigenvalue weighted by atomic mass is 9.78. The molecule has 1 atom stereocenters. The molecule has 3 nitrogen and oxygen atoms in total. The van der Waals surface area contributed by atoms with Crippen LogP contribution in [0.3, 0.4) is 0 Å². The summed E-state index contributed by atoms with van der Waals surface area (Å²) in [4.78, 5) is 2.50. The molecule has 37 heavy (non-hydrogen) atoms. The molecule has 2 aliphatic heterocycles. The van der Waals surface area contributed by atoms with Gasteiger partial charge in [-0.1, -0.05) is 90.6 Å². The van der Waals surface area contributed by atoms with Gasteiger partial charge in [-0.2, -0.15) is 5.01 Å². The van der Waals surface area contributed by atoms with Crippen LogP contribution < -0.4 is 10.2 Å². The van der Waals surface area contributed by atoms with E-state index in [-0.39, 0.29) is 11.8 Å². The third-order valence-electron chi connectivity index (χ3n) is 8.00. The molecule has 1 aliphatic carbocycles. The lowest BCUT2D eigenvalue weighted by Gasteiger charge is -2.51. The summed E-state index contributed by atoms with van der Waals surface area (Å²) in [7, 11) is 0. The van der Waals surface area contributed by atoms with Crippen molar-refractivity contribution in [1.29, 1.82) is 0 Å². The molecule has 0 radical (unpaired) electrons. The second-order valence-electron chi connectivity index (χ2n) is 10.2. The monoisotopic (exact) mass is 502 g/mol. The van der Waals surface area contributed by atoms with Crippen molar-refractivity contribution in [3.8, 4) is 5.75 Å². The zero-order valence-corrected chi connectivity index (χ0v) is 21.5. The number of fused-ring (bicyclic) bond motifs is 4. The third kappa shape index (κ3) is 4.24. The Morgan fingerprint density at radius 2 is 1.38 bits per heavy atom. The fourth-order valence-corrected chi connectivity index (χ4v) is 6.92. The predicted molar refractivity (Wildman–Crippen MR) is 150 cm³/mol. The fourth-order valence-electron chi connectivity index (χ4n) is 6.08. The van der Waals surface area contributed by atoms with Crippen LogP contribution >= 0.6 is 11.8 Å². The van der Waals surface area contributed by atoms with Crippen LogP contribution in [0.15, 0.2) is 125 Å². The average molecular weight is 503 g/mol. The summed E-state index contributed by atoms with van der Waals surface area (Å²) < 4.78 is 6.85. The van der Waals surface area contributed by atoms with Crippen LogP contribution in [0.2, 0.25) is 0 Å². The van der Waals surface area contributed by atoms with Gasteiger partial charge in [0.2, 0.25) is 0 Å². The van der Waals surface area contributed by atoms with Gasteiger partial charge in [0.25, 0.3) is 0 Å². The van der Waals surface area contributed by atoms with Crippen LogP contribution in [0.4, 0.5) is 0 Å². The lowest BCUT2D eigenvalue weighted by Crippen LogP contribution is -2.60. The zero-order valence-electron chi connectivity index (χ0n) is 20.7. The number of hydrazine groups is 1. The smallest absolute Gasteiger partial charge is 0.180 e. The van der Waals surface area contributed by atoms with Gasteiger partial charge < -0.3 is 10.2 Å². The number of hydrogen-bond donors (Lipinski definition) is 1. The third-order valence-corrected chi connectivity index (χ3v) is 9.02. The molecule has 0 aromatic heterocycles. The highest BCUT2D eigenvalue weighted by atomic mass is 32.2. The Morgan fingerprint density at radius 1 is 0.730 bits per heavy atom. The van der Waals surface area contributed by atoms with Crippen molar-refractivity contribution in [2.45, 2.75) is 53.2 Å². The molecule has 3 aliphatic rings. The second-order valence-corrected chi connectivity index (χ2v) is 11.4. The second kappa shape index (κ2) is 9.44. The molecule has 4 aromatic rings. The van der Waals surface area contributed by atoms with E-state index >= 15 is 0 Å². The molecule has 1 N–H and O–H groups in total. The van der Waals surface area contributed by atoms with E-state index in [0.29, 0.717) is 5.92 Å². The van der Waals surface area contributed by atoms with Gasteiger partial charge in [0.05, 0.1) is 11.7 Å². The highest BCUT2D eigenvalue weighted by Crippen LogP contribution is 2.51. The Bertz CT molecular complexity index is 1410. The van der Waals surface area contributed by atoms with Gasteiger partial charge in [0, 0.05) is 28.2 Å². The Morgan fingerprint density at radius 3 is 2.14 bits per heavy atom. The average Bonchev–Trinajstić information content (AvgIpc) is 3.42. The number of ether oxygens (including phenoxy) is 1. The van der Waals surface area contributed by atoms with Crippen LogP contribution in [-0.2, 0) is 0 Å². The molecule has 0 unspecified atom stereocenters. The molecule has 1 spiro atoms. The van der Waals surface area contributed by atoms with Gasteiger partial charge in [-0.05, 0) is 66.3 Å². The molecule has 0 amide bonds. The summed E-state index contributed by atoms with van der Waals surface area (Å²) >= 11 is 1.80. The van der Waals surface area contributed by atoms with Crippen molar-refractivity contribution in [2.24, 2.45) is 0 Å². The van der Waals surface area contributed by atoms with Gasteiger partial charge in [-0.25, -0.2) is 0 Å². The van der Waals surface area contributed by atoms with Gasteiger partial charge >= 0.3 is 0 Å². The van der Waals surface area contributed by atoms with Crippen molar-refractivity contribution in [3.05, 3.63) is 132 Å². The highest BCUT2D eigenvalue weighted by molar-refractivity contribution is 7.99. The minimum atomic E-state index is -0.342. The van der Waals surface area contributed by atoms with Crippen molar-refractivity contribution >= 4 is 17.5 Å². The van der Waals surface area contributed by atoms with E-state index < -0.39 is 0 Å². The van der Waals surface area contributed by atoms with Crippen LogP contribution in [-0.4, -0.2) is 10.7 Å². The minimum absolute atomic E-state index is 0.159. The Hall–Kier alpha value is -3.47. The maximum atomic E-state index is 6.85. The molecular formula is C33H30N2OS. The molecule has 4 heteroatoms. The molecule has 7 rings (SSSR count). The first-order valence-electron chi connectivity index (χ1n) is 13.2. The molecule has 184 valence electrons. The van der Waals surface area contributed by atoms with E-state index in [2.05, 4.69) is 126 Å². The summed E-state index contributed by atoms with van der Waals surface area (Å²) in [6.07, 6.45) is 6.62. The largest absolute Gasteiger partial charge is 0.471 e. The molecule has 0 saturated heterocycles. The van der Waals surface area contributed by atoms with Crippen molar-refractivity contribution in [3.63, 3.8) is 0 Å². The normalized spacial score (nSPS) is 24.5. The van der Waals surface area contributed by atoms with Gasteiger partial charge in [-0.15, -0.1) is 0 Å². The first kappa shape index (κ1) is 22.7. The standard InChI is InChI=1S/C33H30N2OS/c1-3-9-24(10-4-1)25-19-21-33(22-20-25)35-31(29-13-7-8-14-32(29)36-33)23-30(34-35)26-15-17-28(18-16-26)37-27-11-5-2-6-12-27/h1-18,23,25,31,34H,19-22H2/t25?,31-,33?/m1/s1. The van der Waals surface area contributed by atoms with E-state index in [1.807, 2.05) is 0 Å². The van der Waals surface area contributed by atoms with Gasteiger partial charge in [0.1, 0.15) is 5.75 Å². The van der Waals surface area contributed by atoms with Crippen molar-refractivity contribution < 1.29 is 4.74 Å². The zero-order chi connectivity index (χ0) is 24.7. The van der Waals surface area contributed by atoms with E-state index in [4.69, 9.17) is 4.74 Å². The summed E-state index contributed by atoms with van der Waals surface area (Å²) in [6.45, 7) is 0. The first-order valence-corrected chi connectivity index (χ1v) is 14.0. The van der Waals surface area contributed by atoms with Gasteiger partial charge in [-0.3, -0.25) is 0 Å².